The third-order valence-electron chi connectivity index (χ3n) is 2.35. The van der Waals surface area contributed by atoms with Crippen LogP contribution < -0.4 is 0 Å². The number of hydrogen-bond acceptors (Lipinski definition) is 2. The first-order valence-corrected chi connectivity index (χ1v) is 5.46. The second kappa shape index (κ2) is 4.05. The molecule has 0 bridgehead atoms. The van der Waals surface area contributed by atoms with E-state index in [0.29, 0.717) is 5.92 Å². The van der Waals surface area contributed by atoms with Gasteiger partial charge >= 0.3 is 0 Å². The molecule has 0 saturated carbocycles. The van der Waals surface area contributed by atoms with Gasteiger partial charge in [-0.25, -0.2) is 0 Å². The topological polar surface area (TPSA) is 17.8 Å². The third kappa shape index (κ3) is 1.77. The number of nitrogens with zero attached hydrogens (tertiary/aromatic N) is 2. The Kier molecular flexibility index (Phi) is 2.77. The highest BCUT2D eigenvalue weighted by molar-refractivity contribution is 7.80. The molecule has 2 aromatic rings. The van der Waals surface area contributed by atoms with E-state index in [0.717, 1.165) is 12.3 Å². The summed E-state index contributed by atoms with van der Waals surface area (Å²) in [6, 6.07) is 8.28. The SMILES string of the molecule is CC(CS)Cn1ncc2ccccc21. The Morgan fingerprint density at radius 3 is 3.00 bits per heavy atom. The van der Waals surface area contributed by atoms with E-state index in [1.807, 2.05) is 18.3 Å². The van der Waals surface area contributed by atoms with Crippen molar-refractivity contribution in [2.75, 3.05) is 5.75 Å². The van der Waals surface area contributed by atoms with Crippen LogP contribution in [-0.4, -0.2) is 15.5 Å². The molecule has 0 radical (unpaired) electrons. The Morgan fingerprint density at radius 2 is 2.21 bits per heavy atom. The van der Waals surface area contributed by atoms with Crippen LogP contribution in [0.2, 0.25) is 0 Å². The lowest BCUT2D eigenvalue weighted by molar-refractivity contribution is 0.502. The van der Waals surface area contributed by atoms with Gasteiger partial charge in [-0.3, -0.25) is 4.68 Å². The lowest BCUT2D eigenvalue weighted by atomic mass is 10.2. The first-order valence-electron chi connectivity index (χ1n) is 4.82. The van der Waals surface area contributed by atoms with Gasteiger partial charge in [0.25, 0.3) is 0 Å². The highest BCUT2D eigenvalue weighted by Gasteiger charge is 2.04. The van der Waals surface area contributed by atoms with E-state index in [9.17, 15) is 0 Å². The van der Waals surface area contributed by atoms with Crippen LogP contribution in [0.15, 0.2) is 30.5 Å². The summed E-state index contributed by atoms with van der Waals surface area (Å²) in [7, 11) is 0. The molecule has 1 atom stereocenters. The molecule has 0 amide bonds. The second-order valence-electron chi connectivity index (χ2n) is 3.67. The van der Waals surface area contributed by atoms with Crippen molar-refractivity contribution in [1.29, 1.82) is 0 Å². The molecule has 1 unspecified atom stereocenters. The van der Waals surface area contributed by atoms with Gasteiger partial charge in [-0.05, 0) is 17.7 Å². The molecule has 0 aliphatic carbocycles. The fraction of sp³-hybridized carbons (Fsp3) is 0.364. The van der Waals surface area contributed by atoms with E-state index < -0.39 is 0 Å². The summed E-state index contributed by atoms with van der Waals surface area (Å²) in [5, 5.41) is 5.57. The minimum Gasteiger partial charge on any atom is -0.265 e. The maximum Gasteiger partial charge on any atom is 0.0682 e. The van der Waals surface area contributed by atoms with Crippen molar-refractivity contribution in [3.63, 3.8) is 0 Å². The van der Waals surface area contributed by atoms with E-state index in [4.69, 9.17) is 0 Å². The average Bonchev–Trinajstić information content (AvgIpc) is 2.62. The van der Waals surface area contributed by atoms with Crippen LogP contribution in [0.4, 0.5) is 0 Å². The highest BCUT2D eigenvalue weighted by Crippen LogP contribution is 2.14. The Morgan fingerprint density at radius 1 is 1.43 bits per heavy atom. The summed E-state index contributed by atoms with van der Waals surface area (Å²) in [5.41, 5.74) is 1.21. The monoisotopic (exact) mass is 206 g/mol. The van der Waals surface area contributed by atoms with Gasteiger partial charge in [0.2, 0.25) is 0 Å². The minimum atomic E-state index is 0.557. The van der Waals surface area contributed by atoms with Crippen LogP contribution in [0.25, 0.3) is 10.9 Å². The molecule has 1 heterocycles. The fourth-order valence-corrected chi connectivity index (χ4v) is 1.64. The normalized spacial score (nSPS) is 13.3. The van der Waals surface area contributed by atoms with Crippen molar-refractivity contribution in [2.24, 2.45) is 5.92 Å². The number of benzene rings is 1. The summed E-state index contributed by atoms with van der Waals surface area (Å²) >= 11 is 4.28. The van der Waals surface area contributed by atoms with Crippen molar-refractivity contribution >= 4 is 23.5 Å². The van der Waals surface area contributed by atoms with Gasteiger partial charge in [0.05, 0.1) is 11.7 Å². The van der Waals surface area contributed by atoms with Crippen molar-refractivity contribution in [3.8, 4) is 0 Å². The maximum atomic E-state index is 4.37. The van der Waals surface area contributed by atoms with Gasteiger partial charge in [0.1, 0.15) is 0 Å². The van der Waals surface area contributed by atoms with Gasteiger partial charge in [-0.2, -0.15) is 17.7 Å². The molecule has 1 aromatic carbocycles. The molecule has 0 aliphatic heterocycles. The van der Waals surface area contributed by atoms with Crippen LogP contribution in [0, 0.1) is 5.92 Å². The third-order valence-corrected chi connectivity index (χ3v) is 2.97. The molecule has 0 aliphatic rings. The zero-order chi connectivity index (χ0) is 9.97. The number of para-hydroxylation sites is 1. The molecule has 1 aromatic heterocycles. The maximum absolute atomic E-state index is 4.37. The molecule has 0 fully saturated rings. The molecule has 14 heavy (non-hydrogen) atoms. The van der Waals surface area contributed by atoms with Gasteiger partial charge in [-0.1, -0.05) is 25.1 Å². The summed E-state index contributed by atoms with van der Waals surface area (Å²) in [6.07, 6.45) is 1.92. The van der Waals surface area contributed by atoms with Crippen molar-refractivity contribution in [3.05, 3.63) is 30.5 Å². The summed E-state index contributed by atoms with van der Waals surface area (Å²) in [6.45, 7) is 3.13. The number of hydrogen-bond donors (Lipinski definition) is 1. The quantitative estimate of drug-likeness (QED) is 0.764. The second-order valence-corrected chi connectivity index (χ2v) is 4.04. The van der Waals surface area contributed by atoms with Crippen LogP contribution in [0.5, 0.6) is 0 Å². The van der Waals surface area contributed by atoms with E-state index in [1.54, 1.807) is 0 Å². The van der Waals surface area contributed by atoms with E-state index in [1.165, 1.54) is 10.9 Å². The largest absolute Gasteiger partial charge is 0.265 e. The first-order chi connectivity index (χ1) is 6.81. The predicted molar refractivity (Wildman–Crippen MR) is 62.8 cm³/mol. The lowest BCUT2D eigenvalue weighted by Crippen LogP contribution is -2.09. The van der Waals surface area contributed by atoms with Gasteiger partial charge in [0.15, 0.2) is 0 Å². The molecule has 2 nitrogen and oxygen atoms in total. The molecular weight excluding hydrogens is 192 g/mol. The number of thiol groups is 1. The molecule has 2 rings (SSSR count). The zero-order valence-electron chi connectivity index (χ0n) is 8.22. The molecule has 3 heteroatoms. The summed E-state index contributed by atoms with van der Waals surface area (Å²) < 4.78 is 2.05. The average molecular weight is 206 g/mol. The molecule has 0 spiro atoms. The standard InChI is InChI=1S/C11H14N2S/c1-9(8-14)7-13-11-5-3-2-4-10(11)6-12-13/h2-6,9,14H,7-8H2,1H3. The number of fused-ring (bicyclic) bond motifs is 1. The number of aromatic nitrogens is 2. The van der Waals surface area contributed by atoms with Crippen LogP contribution in [-0.2, 0) is 6.54 Å². The van der Waals surface area contributed by atoms with Crippen molar-refractivity contribution in [2.45, 2.75) is 13.5 Å². The van der Waals surface area contributed by atoms with E-state index >= 15 is 0 Å². The molecule has 74 valence electrons. The zero-order valence-corrected chi connectivity index (χ0v) is 9.11. The van der Waals surface area contributed by atoms with Gasteiger partial charge in [-0.15, -0.1) is 0 Å². The predicted octanol–water partition coefficient (Wildman–Crippen LogP) is 2.60. The Balaban J connectivity index is 2.33. The van der Waals surface area contributed by atoms with Crippen LogP contribution >= 0.6 is 12.6 Å². The van der Waals surface area contributed by atoms with Crippen molar-refractivity contribution < 1.29 is 0 Å². The number of rotatable bonds is 3. The van der Waals surface area contributed by atoms with Crippen molar-refractivity contribution in [1.82, 2.24) is 9.78 Å². The summed E-state index contributed by atoms with van der Waals surface area (Å²) in [5.74, 6) is 1.45. The summed E-state index contributed by atoms with van der Waals surface area (Å²) in [4.78, 5) is 0. The van der Waals surface area contributed by atoms with Gasteiger partial charge < -0.3 is 0 Å². The Labute approximate surface area is 89.3 Å². The Hall–Kier alpha value is -0.960. The molecular formula is C11H14N2S. The van der Waals surface area contributed by atoms with Gasteiger partial charge in [0, 0.05) is 11.9 Å². The van der Waals surface area contributed by atoms with Crippen LogP contribution in [0.1, 0.15) is 6.92 Å². The van der Waals surface area contributed by atoms with E-state index in [2.05, 4.69) is 41.5 Å². The molecule has 0 N–H and O–H groups in total. The minimum absolute atomic E-state index is 0.557. The highest BCUT2D eigenvalue weighted by atomic mass is 32.1. The van der Waals surface area contributed by atoms with Crippen LogP contribution in [0.3, 0.4) is 0 Å². The van der Waals surface area contributed by atoms with E-state index in [-0.39, 0.29) is 0 Å². The fourth-order valence-electron chi connectivity index (χ4n) is 1.52. The Bertz CT molecular complexity index is 422. The smallest absolute Gasteiger partial charge is 0.0682 e. The first kappa shape index (κ1) is 9.59. The molecule has 0 saturated heterocycles. The lowest BCUT2D eigenvalue weighted by Gasteiger charge is -2.08.